The first-order valence-corrected chi connectivity index (χ1v) is 17.8. The van der Waals surface area contributed by atoms with Crippen molar-refractivity contribution in [2.45, 2.75) is 0 Å². The first-order chi connectivity index (χ1) is 25.8. The lowest BCUT2D eigenvalue weighted by atomic mass is 10.1. The van der Waals surface area contributed by atoms with Crippen LogP contribution in [0.15, 0.2) is 194 Å². The van der Waals surface area contributed by atoms with Gasteiger partial charge in [-0.1, -0.05) is 109 Å². The number of benzene rings is 8. The van der Waals surface area contributed by atoms with Gasteiger partial charge in [0.15, 0.2) is 0 Å². The fourth-order valence-corrected chi connectivity index (χ4v) is 8.46. The van der Waals surface area contributed by atoms with Gasteiger partial charge >= 0.3 is 0 Å². The van der Waals surface area contributed by atoms with Crippen LogP contribution in [0.2, 0.25) is 0 Å². The van der Waals surface area contributed by atoms with Crippen LogP contribution in [0.4, 0.5) is 34.1 Å². The molecule has 2 aromatic heterocycles. The molecule has 4 heteroatoms. The third kappa shape index (κ3) is 4.09. The smallest absolute Gasteiger partial charge is 0.0783 e. The van der Waals surface area contributed by atoms with Crippen molar-refractivity contribution in [1.29, 1.82) is 0 Å². The van der Waals surface area contributed by atoms with E-state index in [2.05, 4.69) is 213 Å². The van der Waals surface area contributed by atoms with Crippen LogP contribution in [0.5, 0.6) is 0 Å². The monoisotopic (exact) mass is 664 g/mol. The second-order valence-electron chi connectivity index (χ2n) is 13.4. The van der Waals surface area contributed by atoms with E-state index < -0.39 is 0 Å². The second kappa shape index (κ2) is 11.2. The van der Waals surface area contributed by atoms with Crippen LogP contribution in [-0.2, 0) is 0 Å². The molecule has 0 saturated carbocycles. The summed E-state index contributed by atoms with van der Waals surface area (Å²) in [5, 5.41) is 4.94. The molecule has 1 aliphatic heterocycles. The van der Waals surface area contributed by atoms with E-state index in [4.69, 9.17) is 0 Å². The molecule has 0 aliphatic carbocycles. The Labute approximate surface area is 301 Å². The zero-order valence-corrected chi connectivity index (χ0v) is 28.3. The predicted octanol–water partition coefficient (Wildman–Crippen LogP) is 13.1. The highest BCUT2D eigenvalue weighted by Gasteiger charge is 2.29. The third-order valence-corrected chi connectivity index (χ3v) is 10.6. The molecule has 4 nitrogen and oxygen atoms in total. The largest absolute Gasteiger partial charge is 0.309 e. The molecule has 0 amide bonds. The Morgan fingerprint density at radius 3 is 1.31 bits per heavy atom. The molecular formula is C48H32N4. The molecule has 0 spiro atoms. The van der Waals surface area contributed by atoms with E-state index in [1.165, 1.54) is 32.6 Å². The molecule has 0 atom stereocenters. The zero-order valence-electron chi connectivity index (χ0n) is 28.3. The summed E-state index contributed by atoms with van der Waals surface area (Å²) in [7, 11) is 0. The summed E-state index contributed by atoms with van der Waals surface area (Å²) in [6.45, 7) is 0. The number of anilines is 6. The highest BCUT2D eigenvalue weighted by atomic mass is 15.2. The van der Waals surface area contributed by atoms with Crippen LogP contribution >= 0.6 is 0 Å². The standard InChI is InChI=1S/C48H32N4/c1-3-16-33(17-4-1)49-43-25-11-12-26-44(43)50(34-18-5-2-6-19-34)47-29-15-22-38-39-32-35(30-31-42(39)52(48(38)47)46-28-14-13-27-45(46)49)51-40-23-9-7-20-36(40)37-21-8-10-24-41(37)51/h1-32H. The molecule has 1 aliphatic rings. The second-order valence-corrected chi connectivity index (χ2v) is 13.4. The fraction of sp³-hybridized carbons (Fsp3) is 0. The molecule has 0 N–H and O–H groups in total. The highest BCUT2D eigenvalue weighted by Crippen LogP contribution is 2.52. The van der Waals surface area contributed by atoms with Crippen molar-refractivity contribution in [2.75, 3.05) is 9.80 Å². The summed E-state index contributed by atoms with van der Waals surface area (Å²) in [6.07, 6.45) is 0. The molecule has 0 saturated heterocycles. The van der Waals surface area contributed by atoms with E-state index in [0.717, 1.165) is 56.5 Å². The van der Waals surface area contributed by atoms with Crippen LogP contribution < -0.4 is 9.80 Å². The Morgan fingerprint density at radius 2 is 0.692 bits per heavy atom. The minimum Gasteiger partial charge on any atom is -0.309 e. The fourth-order valence-electron chi connectivity index (χ4n) is 8.46. The molecule has 0 bridgehead atoms. The number of fused-ring (bicyclic) bond motifs is 9. The van der Waals surface area contributed by atoms with Gasteiger partial charge in [0.2, 0.25) is 0 Å². The molecule has 0 radical (unpaired) electrons. The molecule has 10 aromatic rings. The minimum atomic E-state index is 1.10. The maximum absolute atomic E-state index is 2.49. The van der Waals surface area contributed by atoms with Gasteiger partial charge in [-0.2, -0.15) is 0 Å². The van der Waals surface area contributed by atoms with Crippen molar-refractivity contribution in [3.05, 3.63) is 194 Å². The van der Waals surface area contributed by atoms with Gasteiger partial charge in [0.05, 0.1) is 50.5 Å². The van der Waals surface area contributed by atoms with E-state index in [1.54, 1.807) is 0 Å². The summed E-state index contributed by atoms with van der Waals surface area (Å²) in [5.74, 6) is 0. The molecule has 8 aromatic carbocycles. The number of aromatic nitrogens is 2. The highest BCUT2D eigenvalue weighted by molar-refractivity contribution is 6.17. The van der Waals surface area contributed by atoms with Crippen LogP contribution in [0.1, 0.15) is 0 Å². The predicted molar refractivity (Wildman–Crippen MR) is 218 cm³/mol. The molecule has 52 heavy (non-hydrogen) atoms. The minimum absolute atomic E-state index is 1.10. The summed E-state index contributed by atoms with van der Waals surface area (Å²) < 4.78 is 4.90. The topological polar surface area (TPSA) is 16.3 Å². The third-order valence-electron chi connectivity index (χ3n) is 10.6. The van der Waals surface area contributed by atoms with E-state index in [9.17, 15) is 0 Å². The van der Waals surface area contributed by atoms with Crippen molar-refractivity contribution in [3.8, 4) is 11.4 Å². The van der Waals surface area contributed by atoms with Gasteiger partial charge in [0.25, 0.3) is 0 Å². The van der Waals surface area contributed by atoms with Crippen molar-refractivity contribution in [2.24, 2.45) is 0 Å². The molecule has 11 rings (SSSR count). The number of nitrogens with zero attached hydrogens (tertiary/aromatic N) is 4. The van der Waals surface area contributed by atoms with Gasteiger partial charge in [-0.15, -0.1) is 0 Å². The Bertz CT molecular complexity index is 2920. The summed E-state index contributed by atoms with van der Waals surface area (Å²) in [4.78, 5) is 4.85. The Morgan fingerprint density at radius 1 is 0.250 bits per heavy atom. The van der Waals surface area contributed by atoms with Gasteiger partial charge in [-0.3, -0.25) is 0 Å². The van der Waals surface area contributed by atoms with E-state index in [0.29, 0.717) is 0 Å². The van der Waals surface area contributed by atoms with Crippen molar-refractivity contribution in [1.82, 2.24) is 9.13 Å². The van der Waals surface area contributed by atoms with Crippen LogP contribution in [0, 0.1) is 0 Å². The normalized spacial score (nSPS) is 12.5. The zero-order chi connectivity index (χ0) is 34.2. The number of para-hydroxylation sites is 9. The van der Waals surface area contributed by atoms with Crippen LogP contribution in [0.3, 0.4) is 0 Å². The maximum Gasteiger partial charge on any atom is 0.0783 e. The summed E-state index contributed by atoms with van der Waals surface area (Å²) in [5.41, 5.74) is 13.6. The van der Waals surface area contributed by atoms with Gasteiger partial charge < -0.3 is 18.9 Å². The molecule has 244 valence electrons. The van der Waals surface area contributed by atoms with E-state index in [1.807, 2.05) is 0 Å². The van der Waals surface area contributed by atoms with Crippen LogP contribution in [-0.4, -0.2) is 9.13 Å². The first kappa shape index (κ1) is 28.8. The summed E-state index contributed by atoms with van der Waals surface area (Å²) >= 11 is 0. The average Bonchev–Trinajstić information content (AvgIpc) is 3.74. The average molecular weight is 665 g/mol. The van der Waals surface area contributed by atoms with Gasteiger partial charge in [0.1, 0.15) is 0 Å². The maximum atomic E-state index is 2.49. The number of rotatable bonds is 3. The van der Waals surface area contributed by atoms with E-state index in [-0.39, 0.29) is 0 Å². The number of hydrogen-bond donors (Lipinski definition) is 0. The molecule has 3 heterocycles. The lowest BCUT2D eigenvalue weighted by molar-refractivity contribution is 1.15. The van der Waals surface area contributed by atoms with Crippen molar-refractivity contribution >= 4 is 77.7 Å². The quantitative estimate of drug-likeness (QED) is 0.187. The lowest BCUT2D eigenvalue weighted by Crippen LogP contribution is -2.16. The van der Waals surface area contributed by atoms with Gasteiger partial charge in [-0.05, 0) is 84.9 Å². The summed E-state index contributed by atoms with van der Waals surface area (Å²) in [6, 6.07) is 70.3. The van der Waals surface area contributed by atoms with Crippen molar-refractivity contribution in [3.63, 3.8) is 0 Å². The number of hydrogen-bond acceptors (Lipinski definition) is 2. The Balaban J connectivity index is 1.30. The van der Waals surface area contributed by atoms with E-state index >= 15 is 0 Å². The molecular weight excluding hydrogens is 633 g/mol. The van der Waals surface area contributed by atoms with Crippen molar-refractivity contribution < 1.29 is 0 Å². The van der Waals surface area contributed by atoms with Gasteiger partial charge in [-0.25, -0.2) is 0 Å². The molecule has 0 unspecified atom stereocenters. The molecule has 0 fully saturated rings. The SMILES string of the molecule is c1ccc(N2c3ccccc3N(c3ccccc3)c3cccc4c5cc(-n6c7ccccc7c7ccccc76)ccc5n(c34)-c3ccccc32)cc1. The Kier molecular flexibility index (Phi) is 6.22. The Hall–Kier alpha value is -7.04. The van der Waals surface area contributed by atoms with Gasteiger partial charge in [0, 0.05) is 38.6 Å². The van der Waals surface area contributed by atoms with Crippen LogP contribution in [0.25, 0.3) is 55.0 Å². The first-order valence-electron chi connectivity index (χ1n) is 17.8. The lowest BCUT2D eigenvalue weighted by Gasteiger charge is -2.32.